The summed E-state index contributed by atoms with van der Waals surface area (Å²) in [5, 5.41) is 11.7. The molecule has 4 nitrogen and oxygen atoms in total. The van der Waals surface area contributed by atoms with Crippen LogP contribution < -0.4 is 5.32 Å². The maximum absolute atomic E-state index is 11.5. The van der Waals surface area contributed by atoms with Crippen LogP contribution in [0.5, 0.6) is 0 Å². The molecule has 14 heavy (non-hydrogen) atoms. The SMILES string of the molecule is CCC(CC#N)NC(C)C(=O)N(C)C. The summed E-state index contributed by atoms with van der Waals surface area (Å²) >= 11 is 0. The highest BCUT2D eigenvalue weighted by atomic mass is 16.2. The molecule has 0 saturated carbocycles. The lowest BCUT2D eigenvalue weighted by Gasteiger charge is -2.22. The molecule has 0 rings (SSSR count). The molecule has 0 aromatic rings. The van der Waals surface area contributed by atoms with E-state index >= 15 is 0 Å². The van der Waals surface area contributed by atoms with Gasteiger partial charge in [0.05, 0.1) is 18.5 Å². The number of rotatable bonds is 5. The summed E-state index contributed by atoms with van der Waals surface area (Å²) in [4.78, 5) is 13.0. The Labute approximate surface area is 85.9 Å². The fourth-order valence-corrected chi connectivity index (χ4v) is 1.24. The Morgan fingerprint density at radius 1 is 1.57 bits per heavy atom. The molecule has 0 radical (unpaired) electrons. The lowest BCUT2D eigenvalue weighted by atomic mass is 10.1. The second-order valence-corrected chi connectivity index (χ2v) is 3.59. The lowest BCUT2D eigenvalue weighted by Crippen LogP contribution is -2.45. The number of carbonyl (C=O) groups excluding carboxylic acids is 1. The third-order valence-corrected chi connectivity index (χ3v) is 2.13. The monoisotopic (exact) mass is 197 g/mol. The van der Waals surface area contributed by atoms with Crippen LogP contribution in [-0.4, -0.2) is 37.0 Å². The number of carbonyl (C=O) groups is 1. The van der Waals surface area contributed by atoms with E-state index < -0.39 is 0 Å². The van der Waals surface area contributed by atoms with E-state index in [9.17, 15) is 4.79 Å². The van der Waals surface area contributed by atoms with Crippen LogP contribution in [0.1, 0.15) is 26.7 Å². The van der Waals surface area contributed by atoms with E-state index in [0.717, 1.165) is 6.42 Å². The molecule has 0 fully saturated rings. The van der Waals surface area contributed by atoms with Crippen LogP contribution in [0.2, 0.25) is 0 Å². The molecule has 1 N–H and O–H groups in total. The Morgan fingerprint density at radius 3 is 2.50 bits per heavy atom. The minimum Gasteiger partial charge on any atom is -0.347 e. The lowest BCUT2D eigenvalue weighted by molar-refractivity contribution is -0.130. The quantitative estimate of drug-likeness (QED) is 0.707. The van der Waals surface area contributed by atoms with Crippen molar-refractivity contribution < 1.29 is 4.79 Å². The number of hydrogen-bond acceptors (Lipinski definition) is 3. The van der Waals surface area contributed by atoms with Crippen molar-refractivity contribution >= 4 is 5.91 Å². The fourth-order valence-electron chi connectivity index (χ4n) is 1.24. The minimum atomic E-state index is -0.219. The first kappa shape index (κ1) is 12.9. The summed E-state index contributed by atoms with van der Waals surface area (Å²) in [7, 11) is 3.46. The Balaban J connectivity index is 4.09. The van der Waals surface area contributed by atoms with Gasteiger partial charge >= 0.3 is 0 Å². The number of nitrogens with zero attached hydrogens (tertiary/aromatic N) is 2. The van der Waals surface area contributed by atoms with E-state index in [4.69, 9.17) is 5.26 Å². The molecule has 0 heterocycles. The largest absolute Gasteiger partial charge is 0.347 e. The summed E-state index contributed by atoms with van der Waals surface area (Å²) in [6.07, 6.45) is 1.31. The zero-order valence-corrected chi connectivity index (χ0v) is 9.37. The van der Waals surface area contributed by atoms with Gasteiger partial charge in [-0.15, -0.1) is 0 Å². The molecule has 0 aromatic carbocycles. The molecule has 4 heteroatoms. The highest BCUT2D eigenvalue weighted by Gasteiger charge is 2.17. The van der Waals surface area contributed by atoms with Crippen LogP contribution in [0.4, 0.5) is 0 Å². The van der Waals surface area contributed by atoms with Gasteiger partial charge in [-0.25, -0.2) is 0 Å². The molecule has 0 aliphatic carbocycles. The van der Waals surface area contributed by atoms with Gasteiger partial charge in [-0.05, 0) is 13.3 Å². The van der Waals surface area contributed by atoms with Crippen molar-refractivity contribution in [3.05, 3.63) is 0 Å². The van der Waals surface area contributed by atoms with Gasteiger partial charge in [-0.1, -0.05) is 6.92 Å². The molecule has 80 valence electrons. The summed E-state index contributed by atoms with van der Waals surface area (Å²) in [6, 6.07) is 2.00. The standard InChI is InChI=1S/C10H19N3O/c1-5-9(6-7-11)12-8(2)10(14)13(3)4/h8-9,12H,5-6H2,1-4H3. The average Bonchev–Trinajstić information content (AvgIpc) is 2.15. The summed E-state index contributed by atoms with van der Waals surface area (Å²) in [5.74, 6) is 0.0430. The minimum absolute atomic E-state index is 0.0430. The van der Waals surface area contributed by atoms with Crippen molar-refractivity contribution in [2.24, 2.45) is 0 Å². The predicted octanol–water partition coefficient (Wildman–Crippen LogP) is 0.745. The van der Waals surface area contributed by atoms with Gasteiger partial charge < -0.3 is 10.2 Å². The van der Waals surface area contributed by atoms with E-state index in [1.54, 1.807) is 19.0 Å². The maximum Gasteiger partial charge on any atom is 0.238 e. The fraction of sp³-hybridized carbons (Fsp3) is 0.800. The van der Waals surface area contributed by atoms with Crippen molar-refractivity contribution in [1.29, 1.82) is 5.26 Å². The molecular formula is C10H19N3O. The van der Waals surface area contributed by atoms with Gasteiger partial charge in [0.15, 0.2) is 0 Å². The molecule has 0 aliphatic rings. The van der Waals surface area contributed by atoms with E-state index in [-0.39, 0.29) is 18.0 Å². The van der Waals surface area contributed by atoms with E-state index in [1.807, 2.05) is 13.8 Å². The first-order chi connectivity index (χ1) is 6.52. The van der Waals surface area contributed by atoms with E-state index in [1.165, 1.54) is 0 Å². The van der Waals surface area contributed by atoms with E-state index in [0.29, 0.717) is 6.42 Å². The highest BCUT2D eigenvalue weighted by molar-refractivity contribution is 5.80. The van der Waals surface area contributed by atoms with Crippen LogP contribution in [0.3, 0.4) is 0 Å². The smallest absolute Gasteiger partial charge is 0.238 e. The summed E-state index contributed by atoms with van der Waals surface area (Å²) in [6.45, 7) is 3.82. The van der Waals surface area contributed by atoms with Gasteiger partial charge in [-0.3, -0.25) is 4.79 Å². The average molecular weight is 197 g/mol. The molecule has 2 atom stereocenters. The second kappa shape index (κ2) is 6.39. The molecule has 1 amide bonds. The Morgan fingerprint density at radius 2 is 2.14 bits per heavy atom. The molecule has 0 bridgehead atoms. The van der Waals surface area contributed by atoms with Gasteiger partial charge in [0.25, 0.3) is 0 Å². The molecule has 0 aliphatic heterocycles. The highest BCUT2D eigenvalue weighted by Crippen LogP contribution is 1.99. The Bertz CT molecular complexity index is 220. The zero-order chi connectivity index (χ0) is 11.1. The number of amides is 1. The number of likely N-dealkylation sites (N-methyl/N-ethyl adjacent to an activating group) is 1. The zero-order valence-electron chi connectivity index (χ0n) is 9.37. The number of hydrogen-bond donors (Lipinski definition) is 1. The van der Waals surface area contributed by atoms with Crippen LogP contribution in [0, 0.1) is 11.3 Å². The van der Waals surface area contributed by atoms with Crippen molar-refractivity contribution in [2.75, 3.05) is 14.1 Å². The molecule has 0 aromatic heterocycles. The van der Waals surface area contributed by atoms with Gasteiger partial charge in [0, 0.05) is 20.1 Å². The van der Waals surface area contributed by atoms with Crippen LogP contribution in [0.15, 0.2) is 0 Å². The maximum atomic E-state index is 11.5. The van der Waals surface area contributed by atoms with Gasteiger partial charge in [-0.2, -0.15) is 5.26 Å². The van der Waals surface area contributed by atoms with Crippen LogP contribution in [-0.2, 0) is 4.79 Å². The van der Waals surface area contributed by atoms with Crippen molar-refractivity contribution in [3.63, 3.8) is 0 Å². The number of nitriles is 1. The first-order valence-corrected chi connectivity index (χ1v) is 4.87. The molecule has 0 saturated heterocycles. The number of nitrogens with one attached hydrogen (secondary N) is 1. The second-order valence-electron chi connectivity index (χ2n) is 3.59. The molecule has 0 spiro atoms. The molecular weight excluding hydrogens is 178 g/mol. The van der Waals surface area contributed by atoms with Crippen LogP contribution >= 0.6 is 0 Å². The van der Waals surface area contributed by atoms with Crippen LogP contribution in [0.25, 0.3) is 0 Å². The Hall–Kier alpha value is -1.08. The first-order valence-electron chi connectivity index (χ1n) is 4.87. The topological polar surface area (TPSA) is 56.1 Å². The third kappa shape index (κ3) is 4.24. The summed E-state index contributed by atoms with van der Waals surface area (Å²) < 4.78 is 0. The summed E-state index contributed by atoms with van der Waals surface area (Å²) in [5.41, 5.74) is 0. The van der Waals surface area contributed by atoms with Crippen molar-refractivity contribution in [2.45, 2.75) is 38.8 Å². The van der Waals surface area contributed by atoms with Gasteiger partial charge in [0.1, 0.15) is 0 Å². The Kier molecular flexibility index (Phi) is 5.89. The molecule has 2 unspecified atom stereocenters. The third-order valence-electron chi connectivity index (χ3n) is 2.13. The predicted molar refractivity (Wildman–Crippen MR) is 55.6 cm³/mol. The van der Waals surface area contributed by atoms with E-state index in [2.05, 4.69) is 11.4 Å². The normalized spacial score (nSPS) is 14.2. The van der Waals surface area contributed by atoms with Crippen molar-refractivity contribution in [3.8, 4) is 6.07 Å². The van der Waals surface area contributed by atoms with Gasteiger partial charge in [0.2, 0.25) is 5.91 Å². The van der Waals surface area contributed by atoms with Crippen molar-refractivity contribution in [1.82, 2.24) is 10.2 Å².